The lowest BCUT2D eigenvalue weighted by Gasteiger charge is -2.16. The van der Waals surface area contributed by atoms with E-state index in [0.717, 1.165) is 28.9 Å². The van der Waals surface area contributed by atoms with Crippen molar-refractivity contribution in [2.24, 2.45) is 5.73 Å². The molecule has 1 atom stereocenters. The summed E-state index contributed by atoms with van der Waals surface area (Å²) in [7, 11) is 0. The fraction of sp³-hybridized carbons (Fsp3) is 0.278. The molecule has 2 heterocycles. The Labute approximate surface area is 155 Å². The molecule has 0 saturated carbocycles. The SMILES string of the molecule is NC(=O)NC(CC(=O)NCCCn1cnc2ccccc21)c1cccs1. The van der Waals surface area contributed by atoms with E-state index in [1.165, 1.54) is 11.3 Å². The molecule has 4 N–H and O–H groups in total. The highest BCUT2D eigenvalue weighted by Gasteiger charge is 2.18. The van der Waals surface area contributed by atoms with Gasteiger partial charge in [-0.3, -0.25) is 4.79 Å². The van der Waals surface area contributed by atoms with Crippen molar-refractivity contribution in [3.63, 3.8) is 0 Å². The maximum Gasteiger partial charge on any atom is 0.312 e. The van der Waals surface area contributed by atoms with Gasteiger partial charge in [-0.15, -0.1) is 11.3 Å². The number of para-hydroxylation sites is 2. The van der Waals surface area contributed by atoms with Gasteiger partial charge in [0.15, 0.2) is 0 Å². The molecule has 2 aromatic heterocycles. The van der Waals surface area contributed by atoms with E-state index in [4.69, 9.17) is 5.73 Å². The summed E-state index contributed by atoms with van der Waals surface area (Å²) in [4.78, 5) is 28.6. The minimum atomic E-state index is -0.636. The first kappa shape index (κ1) is 17.9. The first-order valence-corrected chi connectivity index (χ1v) is 9.27. The molecule has 136 valence electrons. The van der Waals surface area contributed by atoms with Gasteiger partial charge in [-0.25, -0.2) is 9.78 Å². The van der Waals surface area contributed by atoms with Crippen LogP contribution in [0.5, 0.6) is 0 Å². The van der Waals surface area contributed by atoms with Crippen molar-refractivity contribution in [1.82, 2.24) is 20.2 Å². The summed E-state index contributed by atoms with van der Waals surface area (Å²) in [6, 6.07) is 10.7. The summed E-state index contributed by atoms with van der Waals surface area (Å²) in [5.74, 6) is -0.118. The Hall–Kier alpha value is -2.87. The number of urea groups is 1. The summed E-state index contributed by atoms with van der Waals surface area (Å²) < 4.78 is 2.07. The summed E-state index contributed by atoms with van der Waals surface area (Å²) in [6.07, 6.45) is 2.77. The Morgan fingerprint density at radius 1 is 1.23 bits per heavy atom. The first-order chi connectivity index (χ1) is 12.6. The molecule has 0 fully saturated rings. The maximum atomic E-state index is 12.2. The van der Waals surface area contributed by atoms with Gasteiger partial charge in [0.05, 0.1) is 29.8 Å². The number of thiophene rings is 1. The fourth-order valence-electron chi connectivity index (χ4n) is 2.81. The standard InChI is InChI=1S/C18H21N5O2S/c19-18(25)22-14(16-7-3-10-26-16)11-17(24)20-8-4-9-23-12-21-13-5-1-2-6-15(13)23/h1-3,5-7,10,12,14H,4,8-9,11H2,(H,20,24)(H3,19,22,25). The molecular weight excluding hydrogens is 350 g/mol. The Morgan fingerprint density at radius 2 is 2.08 bits per heavy atom. The topological polar surface area (TPSA) is 102 Å². The number of primary amides is 1. The van der Waals surface area contributed by atoms with E-state index in [2.05, 4.69) is 20.2 Å². The number of aryl methyl sites for hydroxylation is 1. The van der Waals surface area contributed by atoms with E-state index in [1.807, 2.05) is 48.1 Å². The number of amides is 3. The van der Waals surface area contributed by atoms with Crippen molar-refractivity contribution in [1.29, 1.82) is 0 Å². The van der Waals surface area contributed by atoms with E-state index in [-0.39, 0.29) is 12.3 Å². The molecule has 0 bridgehead atoms. The van der Waals surface area contributed by atoms with Crippen LogP contribution in [0.3, 0.4) is 0 Å². The van der Waals surface area contributed by atoms with Gasteiger partial charge in [0.25, 0.3) is 0 Å². The Bertz CT molecular complexity index is 875. The van der Waals surface area contributed by atoms with Crippen molar-refractivity contribution < 1.29 is 9.59 Å². The molecule has 3 rings (SSSR count). The number of hydrogen-bond acceptors (Lipinski definition) is 4. The Balaban J connectivity index is 1.46. The molecule has 0 aliphatic heterocycles. The lowest BCUT2D eigenvalue weighted by atomic mass is 10.1. The average Bonchev–Trinajstić information content (AvgIpc) is 3.28. The number of rotatable bonds is 8. The van der Waals surface area contributed by atoms with Crippen molar-refractivity contribution in [2.45, 2.75) is 25.4 Å². The third-order valence-corrected chi connectivity index (χ3v) is 5.00. The van der Waals surface area contributed by atoms with Crippen LogP contribution in [0.4, 0.5) is 4.79 Å². The Morgan fingerprint density at radius 3 is 2.85 bits per heavy atom. The second-order valence-corrected chi connectivity index (χ2v) is 6.89. The smallest absolute Gasteiger partial charge is 0.312 e. The number of carbonyl (C=O) groups excluding carboxylic acids is 2. The van der Waals surface area contributed by atoms with Crippen LogP contribution in [0.25, 0.3) is 11.0 Å². The van der Waals surface area contributed by atoms with Gasteiger partial charge in [0.1, 0.15) is 0 Å². The van der Waals surface area contributed by atoms with Gasteiger partial charge in [0, 0.05) is 18.0 Å². The van der Waals surface area contributed by atoms with Crippen LogP contribution in [-0.2, 0) is 11.3 Å². The number of nitrogens with zero attached hydrogens (tertiary/aromatic N) is 2. The summed E-state index contributed by atoms with van der Waals surface area (Å²) >= 11 is 1.48. The average molecular weight is 371 g/mol. The second-order valence-electron chi connectivity index (χ2n) is 5.91. The third-order valence-electron chi connectivity index (χ3n) is 4.02. The first-order valence-electron chi connectivity index (χ1n) is 8.39. The highest BCUT2D eigenvalue weighted by molar-refractivity contribution is 7.10. The van der Waals surface area contributed by atoms with Crippen LogP contribution >= 0.6 is 11.3 Å². The predicted octanol–water partition coefficient (Wildman–Crippen LogP) is 2.40. The van der Waals surface area contributed by atoms with Crippen molar-refractivity contribution >= 4 is 34.3 Å². The second kappa shape index (κ2) is 8.48. The summed E-state index contributed by atoms with van der Waals surface area (Å²) in [6.45, 7) is 1.33. The van der Waals surface area contributed by atoms with Crippen molar-refractivity contribution in [2.75, 3.05) is 6.54 Å². The van der Waals surface area contributed by atoms with E-state index < -0.39 is 12.1 Å². The zero-order chi connectivity index (χ0) is 18.4. The van der Waals surface area contributed by atoms with Crippen LogP contribution < -0.4 is 16.4 Å². The summed E-state index contributed by atoms with van der Waals surface area (Å²) in [5.41, 5.74) is 7.26. The van der Waals surface area contributed by atoms with Gasteiger partial charge < -0.3 is 20.9 Å². The molecule has 1 aromatic carbocycles. The molecule has 26 heavy (non-hydrogen) atoms. The van der Waals surface area contributed by atoms with Crippen LogP contribution in [0.15, 0.2) is 48.1 Å². The maximum absolute atomic E-state index is 12.2. The van der Waals surface area contributed by atoms with Gasteiger partial charge in [-0.05, 0) is 30.0 Å². The number of imidazole rings is 1. The number of carbonyl (C=O) groups is 2. The number of hydrogen-bond donors (Lipinski definition) is 3. The highest BCUT2D eigenvalue weighted by Crippen LogP contribution is 2.21. The van der Waals surface area contributed by atoms with E-state index in [9.17, 15) is 9.59 Å². The molecule has 8 heteroatoms. The van der Waals surface area contributed by atoms with Crippen LogP contribution in [-0.4, -0.2) is 28.0 Å². The monoisotopic (exact) mass is 371 g/mol. The predicted molar refractivity (Wildman–Crippen MR) is 102 cm³/mol. The lowest BCUT2D eigenvalue weighted by molar-refractivity contribution is -0.121. The highest BCUT2D eigenvalue weighted by atomic mass is 32.1. The molecule has 0 saturated heterocycles. The quantitative estimate of drug-likeness (QED) is 0.530. The molecule has 0 spiro atoms. The van der Waals surface area contributed by atoms with E-state index in [0.29, 0.717) is 6.54 Å². The van der Waals surface area contributed by atoms with E-state index >= 15 is 0 Å². The number of nitrogens with one attached hydrogen (secondary N) is 2. The molecule has 0 radical (unpaired) electrons. The zero-order valence-electron chi connectivity index (χ0n) is 14.2. The minimum Gasteiger partial charge on any atom is -0.356 e. The lowest BCUT2D eigenvalue weighted by Crippen LogP contribution is -2.36. The molecule has 0 aliphatic carbocycles. The third kappa shape index (κ3) is 4.60. The normalized spacial score (nSPS) is 12.0. The molecule has 7 nitrogen and oxygen atoms in total. The fourth-order valence-corrected chi connectivity index (χ4v) is 3.59. The van der Waals surface area contributed by atoms with Crippen LogP contribution in [0, 0.1) is 0 Å². The van der Waals surface area contributed by atoms with Gasteiger partial charge in [-0.1, -0.05) is 18.2 Å². The number of benzene rings is 1. The van der Waals surface area contributed by atoms with Gasteiger partial charge in [-0.2, -0.15) is 0 Å². The Kier molecular flexibility index (Phi) is 5.85. The molecule has 3 amide bonds. The van der Waals surface area contributed by atoms with Gasteiger partial charge in [0.2, 0.25) is 5.91 Å². The largest absolute Gasteiger partial charge is 0.356 e. The number of fused-ring (bicyclic) bond motifs is 1. The molecule has 0 aliphatic rings. The number of aromatic nitrogens is 2. The van der Waals surface area contributed by atoms with Crippen molar-refractivity contribution in [3.05, 3.63) is 53.0 Å². The number of nitrogens with two attached hydrogens (primary N) is 1. The van der Waals surface area contributed by atoms with E-state index in [1.54, 1.807) is 0 Å². The molecule has 1 unspecified atom stereocenters. The minimum absolute atomic E-state index is 0.118. The van der Waals surface area contributed by atoms with Crippen LogP contribution in [0.2, 0.25) is 0 Å². The van der Waals surface area contributed by atoms with Crippen LogP contribution in [0.1, 0.15) is 23.8 Å². The summed E-state index contributed by atoms with van der Waals surface area (Å²) in [5, 5.41) is 7.42. The van der Waals surface area contributed by atoms with Gasteiger partial charge >= 0.3 is 6.03 Å². The zero-order valence-corrected chi connectivity index (χ0v) is 15.0. The molecular formula is C18H21N5O2S. The molecule has 3 aromatic rings. The van der Waals surface area contributed by atoms with Crippen molar-refractivity contribution in [3.8, 4) is 0 Å².